The number of nitrogens with zero attached hydrogens (tertiary/aromatic N) is 1. The Morgan fingerprint density at radius 1 is 1.07 bits per heavy atom. The third kappa shape index (κ3) is 5.28. The van der Waals surface area contributed by atoms with Crippen LogP contribution in [0.3, 0.4) is 0 Å². The molecule has 0 aliphatic carbocycles. The standard InChI is InChI=1S/C19H20ClFN2O3S/c20-16-3-1-14(2-4-16)13-27(25,26)23-11-9-15(10-12-23)19(24)22-18-7-5-17(21)6-8-18/h1-8,15H,9-13H2,(H,22,24). The van der Waals surface area contributed by atoms with E-state index in [0.717, 1.165) is 0 Å². The van der Waals surface area contributed by atoms with E-state index in [1.807, 2.05) is 0 Å². The van der Waals surface area contributed by atoms with Gasteiger partial charge in [0.2, 0.25) is 15.9 Å². The third-order valence-corrected chi connectivity index (χ3v) is 6.69. The number of nitrogens with one attached hydrogen (secondary N) is 1. The van der Waals surface area contributed by atoms with Gasteiger partial charge in [0.05, 0.1) is 5.75 Å². The largest absolute Gasteiger partial charge is 0.326 e. The second-order valence-corrected chi connectivity index (χ2v) is 8.96. The number of carbonyl (C=O) groups excluding carboxylic acids is 1. The van der Waals surface area contributed by atoms with Crippen LogP contribution in [-0.4, -0.2) is 31.7 Å². The van der Waals surface area contributed by atoms with Crippen molar-refractivity contribution in [3.05, 3.63) is 64.9 Å². The van der Waals surface area contributed by atoms with Gasteiger partial charge in [-0.1, -0.05) is 23.7 Å². The summed E-state index contributed by atoms with van der Waals surface area (Å²) in [5.74, 6) is -0.892. The number of benzene rings is 2. The van der Waals surface area contributed by atoms with Crippen LogP contribution in [0.25, 0.3) is 0 Å². The molecule has 1 amide bonds. The lowest BCUT2D eigenvalue weighted by Gasteiger charge is -2.30. The van der Waals surface area contributed by atoms with Crippen molar-refractivity contribution in [3.63, 3.8) is 0 Å². The second-order valence-electron chi connectivity index (χ2n) is 6.55. The van der Waals surface area contributed by atoms with Crippen molar-refractivity contribution in [2.75, 3.05) is 18.4 Å². The van der Waals surface area contributed by atoms with Crippen molar-refractivity contribution in [1.82, 2.24) is 4.31 Å². The van der Waals surface area contributed by atoms with Gasteiger partial charge in [0, 0.05) is 29.7 Å². The number of hydrogen-bond donors (Lipinski definition) is 1. The van der Waals surface area contributed by atoms with Gasteiger partial charge in [-0.05, 0) is 54.8 Å². The molecule has 1 N–H and O–H groups in total. The molecule has 0 unspecified atom stereocenters. The van der Waals surface area contributed by atoms with E-state index >= 15 is 0 Å². The van der Waals surface area contributed by atoms with Crippen LogP contribution in [0.2, 0.25) is 5.02 Å². The fourth-order valence-corrected chi connectivity index (χ4v) is 4.75. The van der Waals surface area contributed by atoms with Crippen LogP contribution in [-0.2, 0) is 20.6 Å². The fraction of sp³-hybridized carbons (Fsp3) is 0.316. The maximum absolute atomic E-state index is 12.9. The summed E-state index contributed by atoms with van der Waals surface area (Å²) in [5, 5.41) is 3.31. The average Bonchev–Trinajstić information content (AvgIpc) is 2.65. The highest BCUT2D eigenvalue weighted by Crippen LogP contribution is 2.23. The van der Waals surface area contributed by atoms with E-state index in [1.54, 1.807) is 24.3 Å². The minimum Gasteiger partial charge on any atom is -0.326 e. The Morgan fingerprint density at radius 3 is 2.26 bits per heavy atom. The normalized spacial score (nSPS) is 16.2. The van der Waals surface area contributed by atoms with E-state index in [9.17, 15) is 17.6 Å². The first-order chi connectivity index (χ1) is 12.8. The molecule has 2 aromatic rings. The smallest absolute Gasteiger partial charge is 0.227 e. The molecular formula is C19H20ClFN2O3S. The molecule has 3 rings (SSSR count). The average molecular weight is 411 g/mol. The van der Waals surface area contributed by atoms with Crippen LogP contribution in [0.15, 0.2) is 48.5 Å². The first kappa shape index (κ1) is 19.8. The van der Waals surface area contributed by atoms with Crippen LogP contribution in [0, 0.1) is 11.7 Å². The summed E-state index contributed by atoms with van der Waals surface area (Å²) in [6.07, 6.45) is 0.903. The number of rotatable bonds is 5. The quantitative estimate of drug-likeness (QED) is 0.818. The molecule has 8 heteroatoms. The molecule has 27 heavy (non-hydrogen) atoms. The number of carbonyl (C=O) groups is 1. The van der Waals surface area contributed by atoms with Gasteiger partial charge in [-0.3, -0.25) is 4.79 Å². The van der Waals surface area contributed by atoms with Crippen LogP contribution in [0.1, 0.15) is 18.4 Å². The Labute approximate surface area is 163 Å². The maximum Gasteiger partial charge on any atom is 0.227 e. The van der Waals surface area contributed by atoms with Gasteiger partial charge in [-0.15, -0.1) is 0 Å². The van der Waals surface area contributed by atoms with Crippen molar-refractivity contribution in [3.8, 4) is 0 Å². The van der Waals surface area contributed by atoms with Crippen molar-refractivity contribution in [1.29, 1.82) is 0 Å². The number of anilines is 1. The lowest BCUT2D eigenvalue weighted by atomic mass is 9.97. The first-order valence-corrected chi connectivity index (χ1v) is 10.6. The van der Waals surface area contributed by atoms with Gasteiger partial charge in [-0.25, -0.2) is 17.1 Å². The second kappa shape index (κ2) is 8.37. The van der Waals surface area contributed by atoms with Gasteiger partial charge in [0.25, 0.3) is 0 Å². The Morgan fingerprint density at radius 2 is 1.67 bits per heavy atom. The number of piperidine rings is 1. The van der Waals surface area contributed by atoms with E-state index in [-0.39, 0.29) is 23.4 Å². The summed E-state index contributed by atoms with van der Waals surface area (Å²) in [6, 6.07) is 12.3. The minimum absolute atomic E-state index is 0.0867. The molecule has 0 aromatic heterocycles. The van der Waals surface area contributed by atoms with Crippen molar-refractivity contribution >= 4 is 33.2 Å². The topological polar surface area (TPSA) is 66.5 Å². The summed E-state index contributed by atoms with van der Waals surface area (Å²) in [5.41, 5.74) is 1.20. The molecule has 0 bridgehead atoms. The third-order valence-electron chi connectivity index (χ3n) is 4.59. The minimum atomic E-state index is -3.45. The number of sulfonamides is 1. The molecule has 144 valence electrons. The number of hydrogen-bond acceptors (Lipinski definition) is 3. The zero-order valence-electron chi connectivity index (χ0n) is 14.6. The van der Waals surface area contributed by atoms with E-state index in [2.05, 4.69) is 5.32 Å². The van der Waals surface area contributed by atoms with Crippen LogP contribution < -0.4 is 5.32 Å². The van der Waals surface area contributed by atoms with E-state index < -0.39 is 10.0 Å². The van der Waals surface area contributed by atoms with Crippen molar-refractivity contribution in [2.24, 2.45) is 5.92 Å². The van der Waals surface area contributed by atoms with Crippen molar-refractivity contribution in [2.45, 2.75) is 18.6 Å². The molecular weight excluding hydrogens is 391 g/mol. The maximum atomic E-state index is 12.9. The molecule has 1 aliphatic rings. The molecule has 1 saturated heterocycles. The molecule has 1 aliphatic heterocycles. The zero-order chi connectivity index (χ0) is 19.4. The highest BCUT2D eigenvalue weighted by Gasteiger charge is 2.31. The summed E-state index contributed by atoms with van der Waals surface area (Å²) in [6.45, 7) is 0.606. The molecule has 0 spiro atoms. The molecule has 0 atom stereocenters. The van der Waals surface area contributed by atoms with Gasteiger partial charge in [0.1, 0.15) is 5.82 Å². The van der Waals surface area contributed by atoms with Gasteiger partial charge < -0.3 is 5.32 Å². The summed E-state index contributed by atoms with van der Waals surface area (Å²) in [4.78, 5) is 12.3. The summed E-state index contributed by atoms with van der Waals surface area (Å²) >= 11 is 5.83. The highest BCUT2D eigenvalue weighted by atomic mass is 35.5. The molecule has 1 heterocycles. The van der Waals surface area contributed by atoms with Crippen LogP contribution in [0.5, 0.6) is 0 Å². The summed E-state index contributed by atoms with van der Waals surface area (Å²) in [7, 11) is -3.45. The molecule has 0 radical (unpaired) electrons. The van der Waals surface area contributed by atoms with Crippen LogP contribution >= 0.6 is 11.6 Å². The SMILES string of the molecule is O=C(Nc1ccc(F)cc1)C1CCN(S(=O)(=O)Cc2ccc(Cl)cc2)CC1. The molecule has 0 saturated carbocycles. The Bertz CT molecular complexity index is 894. The van der Waals surface area contributed by atoms with Crippen LogP contribution in [0.4, 0.5) is 10.1 Å². The fourth-order valence-electron chi connectivity index (χ4n) is 3.06. The highest BCUT2D eigenvalue weighted by molar-refractivity contribution is 7.88. The van der Waals surface area contributed by atoms with Gasteiger partial charge in [-0.2, -0.15) is 0 Å². The van der Waals surface area contributed by atoms with Gasteiger partial charge in [0.15, 0.2) is 0 Å². The Hall–Kier alpha value is -1.96. The predicted octanol–water partition coefficient (Wildman–Crippen LogP) is 3.66. The first-order valence-electron chi connectivity index (χ1n) is 8.62. The number of halogens is 2. The lowest BCUT2D eigenvalue weighted by Crippen LogP contribution is -2.41. The lowest BCUT2D eigenvalue weighted by molar-refractivity contribution is -0.120. The molecule has 1 fully saturated rings. The Balaban J connectivity index is 1.55. The summed E-state index contributed by atoms with van der Waals surface area (Å²) < 4.78 is 39.6. The predicted molar refractivity (Wildman–Crippen MR) is 103 cm³/mol. The number of amides is 1. The monoisotopic (exact) mass is 410 g/mol. The molecule has 2 aromatic carbocycles. The molecule has 5 nitrogen and oxygen atoms in total. The Kier molecular flexibility index (Phi) is 6.14. The van der Waals surface area contributed by atoms with E-state index in [1.165, 1.54) is 28.6 Å². The van der Waals surface area contributed by atoms with E-state index in [0.29, 0.717) is 42.2 Å². The zero-order valence-corrected chi connectivity index (χ0v) is 16.1. The van der Waals surface area contributed by atoms with E-state index in [4.69, 9.17) is 11.6 Å². The van der Waals surface area contributed by atoms with Crippen molar-refractivity contribution < 1.29 is 17.6 Å². The van der Waals surface area contributed by atoms with Gasteiger partial charge >= 0.3 is 0 Å².